The molecule has 0 amide bonds. The van der Waals surface area contributed by atoms with E-state index in [9.17, 15) is 0 Å². The van der Waals surface area contributed by atoms with Gasteiger partial charge in [0.05, 0.1) is 37.5 Å². The van der Waals surface area contributed by atoms with Crippen LogP contribution in [0.25, 0.3) is 0 Å². The first-order chi connectivity index (χ1) is 12.2. The maximum atomic E-state index is 6.01. The van der Waals surface area contributed by atoms with Crippen molar-refractivity contribution in [1.29, 1.82) is 0 Å². The molecule has 0 unspecified atom stereocenters. The Bertz CT molecular complexity index is 686. The molecule has 0 radical (unpaired) electrons. The first-order valence-electron chi connectivity index (χ1n) is 8.97. The minimum atomic E-state index is 0.322. The lowest BCUT2D eigenvalue weighted by molar-refractivity contribution is 0.0680. The van der Waals surface area contributed by atoms with Gasteiger partial charge in [0.2, 0.25) is 0 Å². The molecular weight excluding hydrogens is 316 g/mol. The monoisotopic (exact) mass is 344 g/mol. The van der Waals surface area contributed by atoms with Crippen molar-refractivity contribution in [2.45, 2.75) is 32.9 Å². The number of hydrogen-bond acceptors (Lipinski definition) is 5. The Morgan fingerprint density at radius 1 is 1.28 bits per heavy atom. The maximum absolute atomic E-state index is 6.01. The number of ether oxygens (including phenoxy) is 2. The summed E-state index contributed by atoms with van der Waals surface area (Å²) in [5.41, 5.74) is 4.46. The first-order valence-corrected chi connectivity index (χ1v) is 8.97. The second-order valence-corrected chi connectivity index (χ2v) is 6.60. The van der Waals surface area contributed by atoms with E-state index in [2.05, 4.69) is 26.5 Å². The molecule has 136 valence electrons. The fourth-order valence-corrected chi connectivity index (χ4v) is 3.43. The van der Waals surface area contributed by atoms with Gasteiger partial charge in [-0.15, -0.1) is 0 Å². The molecule has 0 spiro atoms. The van der Waals surface area contributed by atoms with Crippen molar-refractivity contribution in [2.24, 2.45) is 7.05 Å². The van der Waals surface area contributed by atoms with Gasteiger partial charge in [-0.05, 0) is 26.0 Å². The average molecular weight is 344 g/mol. The van der Waals surface area contributed by atoms with E-state index in [0.717, 1.165) is 49.9 Å². The molecule has 2 aromatic heterocycles. The van der Waals surface area contributed by atoms with E-state index >= 15 is 0 Å². The van der Waals surface area contributed by atoms with Crippen LogP contribution in [0.1, 0.15) is 35.6 Å². The molecule has 3 heterocycles. The molecule has 0 aliphatic carbocycles. The van der Waals surface area contributed by atoms with Gasteiger partial charge in [-0.2, -0.15) is 0 Å². The third-order valence-electron chi connectivity index (χ3n) is 4.57. The van der Waals surface area contributed by atoms with Crippen LogP contribution in [-0.4, -0.2) is 52.3 Å². The molecule has 0 bridgehead atoms. The van der Waals surface area contributed by atoms with E-state index in [-0.39, 0.29) is 0 Å². The van der Waals surface area contributed by atoms with Crippen LogP contribution in [0.4, 0.5) is 0 Å². The summed E-state index contributed by atoms with van der Waals surface area (Å²) in [6, 6.07) is 6.04. The Kier molecular flexibility index (Phi) is 6.18. The van der Waals surface area contributed by atoms with Gasteiger partial charge in [0, 0.05) is 50.6 Å². The summed E-state index contributed by atoms with van der Waals surface area (Å²) < 4.78 is 13.6. The molecular formula is C19H28N4O2. The predicted octanol–water partition coefficient (Wildman–Crippen LogP) is 2.28. The van der Waals surface area contributed by atoms with E-state index in [1.165, 1.54) is 5.69 Å². The molecule has 1 aliphatic heterocycles. The first kappa shape index (κ1) is 18.0. The summed E-state index contributed by atoms with van der Waals surface area (Å²) in [6.45, 7) is 9.57. The molecule has 2 aromatic rings. The zero-order chi connectivity index (χ0) is 17.6. The van der Waals surface area contributed by atoms with Crippen LogP contribution >= 0.6 is 0 Å². The summed E-state index contributed by atoms with van der Waals surface area (Å²) in [6.07, 6.45) is 1.91. The van der Waals surface area contributed by atoms with Gasteiger partial charge >= 0.3 is 0 Å². The highest BCUT2D eigenvalue weighted by atomic mass is 16.5. The van der Waals surface area contributed by atoms with Gasteiger partial charge in [0.1, 0.15) is 0 Å². The highest BCUT2D eigenvalue weighted by molar-refractivity contribution is 5.22. The second-order valence-electron chi connectivity index (χ2n) is 6.60. The minimum absolute atomic E-state index is 0.322. The van der Waals surface area contributed by atoms with E-state index in [1.54, 1.807) is 0 Å². The van der Waals surface area contributed by atoms with Crippen molar-refractivity contribution >= 4 is 0 Å². The smallest absolute Gasteiger partial charge is 0.0949 e. The molecule has 1 aliphatic rings. The van der Waals surface area contributed by atoms with Crippen molar-refractivity contribution in [1.82, 2.24) is 19.4 Å². The van der Waals surface area contributed by atoms with Crippen molar-refractivity contribution in [3.05, 3.63) is 47.3 Å². The molecule has 0 N–H and O–H groups in total. The molecule has 6 nitrogen and oxygen atoms in total. The number of fused-ring (bicyclic) bond motifs is 1. The van der Waals surface area contributed by atoms with Crippen LogP contribution in [0.15, 0.2) is 24.5 Å². The number of aromatic nitrogens is 3. The lowest BCUT2D eigenvalue weighted by atomic mass is 9.99. The van der Waals surface area contributed by atoms with E-state index < -0.39 is 0 Å². The van der Waals surface area contributed by atoms with Crippen LogP contribution < -0.4 is 0 Å². The van der Waals surface area contributed by atoms with Crippen molar-refractivity contribution in [3.8, 4) is 0 Å². The third kappa shape index (κ3) is 4.66. The molecule has 0 aromatic carbocycles. The van der Waals surface area contributed by atoms with Crippen LogP contribution in [0, 0.1) is 6.92 Å². The number of aryl methyl sites for hydroxylation is 2. The van der Waals surface area contributed by atoms with Crippen LogP contribution in [0.5, 0.6) is 0 Å². The quantitative estimate of drug-likeness (QED) is 0.688. The summed E-state index contributed by atoms with van der Waals surface area (Å²) in [5.74, 6) is 0.322. The molecule has 6 heteroatoms. The summed E-state index contributed by atoms with van der Waals surface area (Å²) in [7, 11) is 2.07. The predicted molar refractivity (Wildman–Crippen MR) is 96.3 cm³/mol. The van der Waals surface area contributed by atoms with Gasteiger partial charge in [-0.25, -0.2) is 4.98 Å². The molecule has 25 heavy (non-hydrogen) atoms. The number of pyridine rings is 1. The van der Waals surface area contributed by atoms with E-state index in [1.807, 2.05) is 38.4 Å². The van der Waals surface area contributed by atoms with Crippen molar-refractivity contribution in [2.75, 3.05) is 32.9 Å². The maximum Gasteiger partial charge on any atom is 0.0949 e. The fraction of sp³-hybridized carbons (Fsp3) is 0.579. The summed E-state index contributed by atoms with van der Waals surface area (Å²) in [4.78, 5) is 11.5. The van der Waals surface area contributed by atoms with Crippen LogP contribution in [-0.2, 0) is 29.7 Å². The van der Waals surface area contributed by atoms with Gasteiger partial charge in [-0.3, -0.25) is 9.88 Å². The van der Waals surface area contributed by atoms with E-state index in [0.29, 0.717) is 19.1 Å². The Morgan fingerprint density at radius 2 is 2.16 bits per heavy atom. The Labute approximate surface area is 149 Å². The van der Waals surface area contributed by atoms with Crippen LogP contribution in [0.3, 0.4) is 0 Å². The van der Waals surface area contributed by atoms with Gasteiger partial charge in [-0.1, -0.05) is 6.07 Å². The normalized spacial score (nSPS) is 17.6. The Morgan fingerprint density at radius 3 is 2.96 bits per heavy atom. The molecule has 1 atom stereocenters. The zero-order valence-corrected chi connectivity index (χ0v) is 15.4. The van der Waals surface area contributed by atoms with Crippen molar-refractivity contribution in [3.63, 3.8) is 0 Å². The van der Waals surface area contributed by atoms with Gasteiger partial charge in [0.15, 0.2) is 0 Å². The lowest BCUT2D eigenvalue weighted by Crippen LogP contribution is -2.38. The SMILES string of the molecule is CCOCCN1Cc2ncn(C)c2[C@H](COCc2cccc(C)n2)C1. The minimum Gasteiger partial charge on any atom is -0.380 e. The highest BCUT2D eigenvalue weighted by Gasteiger charge is 2.28. The molecule has 0 saturated carbocycles. The fourth-order valence-electron chi connectivity index (χ4n) is 3.43. The van der Waals surface area contributed by atoms with Crippen LogP contribution in [0.2, 0.25) is 0 Å². The number of imidazole rings is 1. The van der Waals surface area contributed by atoms with E-state index in [4.69, 9.17) is 9.47 Å². The van der Waals surface area contributed by atoms with Gasteiger partial charge < -0.3 is 14.0 Å². The summed E-state index contributed by atoms with van der Waals surface area (Å²) >= 11 is 0. The lowest BCUT2D eigenvalue weighted by Gasteiger charge is -2.32. The zero-order valence-electron chi connectivity index (χ0n) is 15.4. The Balaban J connectivity index is 1.61. The van der Waals surface area contributed by atoms with Crippen molar-refractivity contribution < 1.29 is 9.47 Å². The highest BCUT2D eigenvalue weighted by Crippen LogP contribution is 2.27. The number of nitrogens with zero attached hydrogens (tertiary/aromatic N) is 4. The largest absolute Gasteiger partial charge is 0.380 e. The molecule has 0 fully saturated rings. The van der Waals surface area contributed by atoms with Gasteiger partial charge in [0.25, 0.3) is 0 Å². The molecule has 0 saturated heterocycles. The Hall–Kier alpha value is -1.76. The topological polar surface area (TPSA) is 52.4 Å². The standard InChI is InChI=1S/C19H28N4O2/c1-4-24-9-8-23-10-16(19-18(11-23)20-14-22(19)3)12-25-13-17-7-5-6-15(2)21-17/h5-7,14,16H,4,8-13H2,1-3H3/t16-/m0/s1. The summed E-state index contributed by atoms with van der Waals surface area (Å²) in [5, 5.41) is 0. The molecule has 3 rings (SSSR count). The third-order valence-corrected chi connectivity index (χ3v) is 4.57. The number of rotatable bonds is 8. The average Bonchev–Trinajstić information content (AvgIpc) is 2.96. The second kappa shape index (κ2) is 8.56. The number of hydrogen-bond donors (Lipinski definition) is 0.